The fourth-order valence-corrected chi connectivity index (χ4v) is 1.47. The molecule has 0 unspecified atom stereocenters. The second-order valence-electron chi connectivity index (χ2n) is 4.15. The number of unbranched alkanes of at least 4 members (excludes halogenated alkanes) is 1. The molecule has 1 N–H and O–H groups in total. The zero-order valence-corrected chi connectivity index (χ0v) is 11.6. The Balaban J connectivity index is 2.15. The van der Waals surface area contributed by atoms with E-state index in [1.165, 1.54) is 24.3 Å². The van der Waals surface area contributed by atoms with Gasteiger partial charge in [0.05, 0.1) is 0 Å². The highest BCUT2D eigenvalue weighted by Gasteiger charge is 2.02. The molecule has 1 aromatic rings. The van der Waals surface area contributed by atoms with Crippen molar-refractivity contribution in [1.82, 2.24) is 5.32 Å². The average Bonchev–Trinajstić information content (AvgIpc) is 2.44. The number of benzene rings is 1. The topological polar surface area (TPSA) is 38.3 Å². The Bertz CT molecular complexity index is 452. The summed E-state index contributed by atoms with van der Waals surface area (Å²) in [6.07, 6.45) is 10.6. The number of hydrogen-bond acceptors (Lipinski definition) is 2. The van der Waals surface area contributed by atoms with Crippen LogP contribution in [-0.4, -0.2) is 12.6 Å². The normalized spacial score (nSPS) is 11.1. The Hall–Kier alpha value is -2.10. The molecule has 0 aliphatic heterocycles. The molecule has 0 fully saturated rings. The van der Waals surface area contributed by atoms with Gasteiger partial charge in [-0.05, 0) is 43.5 Å². The number of hydrogen-bond donors (Lipinski definition) is 1. The fourth-order valence-electron chi connectivity index (χ4n) is 1.47. The van der Waals surface area contributed by atoms with E-state index in [1.54, 1.807) is 0 Å². The lowest BCUT2D eigenvalue weighted by molar-refractivity contribution is 0.201. The van der Waals surface area contributed by atoms with E-state index in [4.69, 9.17) is 4.74 Å². The van der Waals surface area contributed by atoms with Gasteiger partial charge in [0, 0.05) is 6.54 Å². The maximum Gasteiger partial charge on any atom is 0.412 e. The summed E-state index contributed by atoms with van der Waals surface area (Å²) in [5.41, 5.74) is 0. The van der Waals surface area contributed by atoms with Crippen LogP contribution in [-0.2, 0) is 0 Å². The summed E-state index contributed by atoms with van der Waals surface area (Å²) >= 11 is 0. The molecule has 0 saturated carbocycles. The van der Waals surface area contributed by atoms with E-state index < -0.39 is 6.09 Å². The Morgan fingerprint density at radius 1 is 1.15 bits per heavy atom. The number of ether oxygens (including phenoxy) is 1. The minimum atomic E-state index is -0.549. The number of carbonyl (C=O) groups is 1. The molecule has 0 aromatic heterocycles. The molecule has 0 aliphatic carbocycles. The molecule has 0 bridgehead atoms. The van der Waals surface area contributed by atoms with Gasteiger partial charge in [-0.1, -0.05) is 31.2 Å². The summed E-state index contributed by atoms with van der Waals surface area (Å²) in [6, 6.07) is 5.30. The van der Waals surface area contributed by atoms with Gasteiger partial charge in [-0.15, -0.1) is 0 Å². The number of carbonyl (C=O) groups excluding carboxylic acids is 1. The molecule has 1 rings (SSSR count). The van der Waals surface area contributed by atoms with Gasteiger partial charge in [0.1, 0.15) is 11.6 Å². The van der Waals surface area contributed by atoms with Crippen LogP contribution < -0.4 is 10.1 Å². The van der Waals surface area contributed by atoms with E-state index in [-0.39, 0.29) is 5.82 Å². The Morgan fingerprint density at radius 2 is 1.80 bits per heavy atom. The molecule has 1 aromatic carbocycles. The van der Waals surface area contributed by atoms with Crippen molar-refractivity contribution in [2.75, 3.05) is 6.54 Å². The highest BCUT2D eigenvalue weighted by atomic mass is 19.1. The van der Waals surface area contributed by atoms with Crippen LogP contribution in [0.3, 0.4) is 0 Å². The second-order valence-corrected chi connectivity index (χ2v) is 4.15. The molecule has 0 saturated heterocycles. The van der Waals surface area contributed by atoms with Crippen molar-refractivity contribution >= 4 is 6.09 Å². The molecule has 0 spiro atoms. The smallest absolute Gasteiger partial charge is 0.410 e. The van der Waals surface area contributed by atoms with Crippen LogP contribution in [0.5, 0.6) is 5.75 Å². The lowest BCUT2D eigenvalue weighted by Gasteiger charge is -2.04. The van der Waals surface area contributed by atoms with Gasteiger partial charge in [-0.25, -0.2) is 9.18 Å². The lowest BCUT2D eigenvalue weighted by atomic mass is 10.2. The highest BCUT2D eigenvalue weighted by Crippen LogP contribution is 2.10. The maximum atomic E-state index is 12.7. The van der Waals surface area contributed by atoms with Crippen LogP contribution in [0.2, 0.25) is 0 Å². The van der Waals surface area contributed by atoms with Gasteiger partial charge in [0.2, 0.25) is 0 Å². The van der Waals surface area contributed by atoms with E-state index in [2.05, 4.69) is 24.4 Å². The second kappa shape index (κ2) is 9.78. The van der Waals surface area contributed by atoms with Crippen LogP contribution in [0.15, 0.2) is 48.6 Å². The molecule has 108 valence electrons. The number of rotatable bonds is 7. The first-order valence-electron chi connectivity index (χ1n) is 6.73. The van der Waals surface area contributed by atoms with Gasteiger partial charge < -0.3 is 10.1 Å². The van der Waals surface area contributed by atoms with E-state index in [9.17, 15) is 9.18 Å². The van der Waals surface area contributed by atoms with E-state index in [0.717, 1.165) is 19.3 Å². The van der Waals surface area contributed by atoms with E-state index in [1.807, 2.05) is 12.2 Å². The maximum absolute atomic E-state index is 12.7. The van der Waals surface area contributed by atoms with Crippen LogP contribution in [0.4, 0.5) is 9.18 Å². The summed E-state index contributed by atoms with van der Waals surface area (Å²) in [4.78, 5) is 11.4. The SMILES string of the molecule is CCC=CCCC=CCNC(=O)Oc1ccc(F)cc1. The van der Waals surface area contributed by atoms with Gasteiger partial charge >= 0.3 is 6.09 Å². The standard InChI is InChI=1S/C16H20FNO2/c1-2-3-4-5-6-7-8-13-18-16(19)20-15-11-9-14(17)10-12-15/h3-4,7-12H,2,5-6,13H2,1H3,(H,18,19). The van der Waals surface area contributed by atoms with Crippen LogP contribution >= 0.6 is 0 Å². The van der Waals surface area contributed by atoms with Crippen molar-refractivity contribution in [2.24, 2.45) is 0 Å². The molecule has 3 nitrogen and oxygen atoms in total. The Morgan fingerprint density at radius 3 is 2.45 bits per heavy atom. The zero-order chi connectivity index (χ0) is 14.6. The van der Waals surface area contributed by atoms with Crippen LogP contribution in [0.1, 0.15) is 26.2 Å². The van der Waals surface area contributed by atoms with E-state index >= 15 is 0 Å². The van der Waals surface area contributed by atoms with Gasteiger partial charge in [0.15, 0.2) is 0 Å². The molecule has 0 radical (unpaired) electrons. The molecule has 4 heteroatoms. The lowest BCUT2D eigenvalue weighted by Crippen LogP contribution is -2.26. The minimum Gasteiger partial charge on any atom is -0.410 e. The predicted molar refractivity (Wildman–Crippen MR) is 78.2 cm³/mol. The fraction of sp³-hybridized carbons (Fsp3) is 0.312. The monoisotopic (exact) mass is 277 g/mol. The average molecular weight is 277 g/mol. The first-order chi connectivity index (χ1) is 9.72. The van der Waals surface area contributed by atoms with Crippen molar-refractivity contribution in [3.05, 3.63) is 54.4 Å². The summed E-state index contributed by atoms with van der Waals surface area (Å²) in [6.45, 7) is 2.51. The molecular weight excluding hydrogens is 257 g/mol. The van der Waals surface area contributed by atoms with Crippen molar-refractivity contribution < 1.29 is 13.9 Å². The third-order valence-electron chi connectivity index (χ3n) is 2.46. The quantitative estimate of drug-likeness (QED) is 0.598. The number of allylic oxidation sites excluding steroid dienone is 3. The Labute approximate surface area is 119 Å². The van der Waals surface area contributed by atoms with Gasteiger partial charge in [-0.3, -0.25) is 0 Å². The van der Waals surface area contributed by atoms with Crippen molar-refractivity contribution in [2.45, 2.75) is 26.2 Å². The van der Waals surface area contributed by atoms with Crippen LogP contribution in [0, 0.1) is 5.82 Å². The Kier molecular flexibility index (Phi) is 7.80. The zero-order valence-electron chi connectivity index (χ0n) is 11.6. The molecule has 0 heterocycles. The molecule has 1 amide bonds. The third kappa shape index (κ3) is 7.36. The van der Waals surface area contributed by atoms with Gasteiger partial charge in [0.25, 0.3) is 0 Å². The number of halogens is 1. The molecule has 0 aliphatic rings. The van der Waals surface area contributed by atoms with Crippen molar-refractivity contribution in [3.63, 3.8) is 0 Å². The van der Waals surface area contributed by atoms with Crippen molar-refractivity contribution in [1.29, 1.82) is 0 Å². The van der Waals surface area contributed by atoms with Crippen LogP contribution in [0.25, 0.3) is 0 Å². The first kappa shape index (κ1) is 16.0. The molecule has 0 atom stereocenters. The van der Waals surface area contributed by atoms with Crippen molar-refractivity contribution in [3.8, 4) is 5.75 Å². The molecule has 20 heavy (non-hydrogen) atoms. The first-order valence-corrected chi connectivity index (χ1v) is 6.73. The predicted octanol–water partition coefficient (Wildman–Crippen LogP) is 4.22. The largest absolute Gasteiger partial charge is 0.412 e. The summed E-state index contributed by atoms with van der Waals surface area (Å²) in [7, 11) is 0. The molecular formula is C16H20FNO2. The summed E-state index contributed by atoms with van der Waals surface area (Å²) in [5, 5.41) is 2.59. The summed E-state index contributed by atoms with van der Waals surface area (Å²) < 4.78 is 17.6. The number of nitrogens with one attached hydrogen (secondary N) is 1. The minimum absolute atomic E-state index is 0.317. The number of amides is 1. The third-order valence-corrected chi connectivity index (χ3v) is 2.46. The summed E-state index contributed by atoms with van der Waals surface area (Å²) in [5.74, 6) is -0.0459. The van der Waals surface area contributed by atoms with Gasteiger partial charge in [-0.2, -0.15) is 0 Å². The highest BCUT2D eigenvalue weighted by molar-refractivity contribution is 5.70. The van der Waals surface area contributed by atoms with E-state index in [0.29, 0.717) is 12.3 Å².